The number of nitrogens with zero attached hydrogens (tertiary/aromatic N) is 5. The van der Waals surface area contributed by atoms with Crippen LogP contribution in [-0.2, 0) is 6.42 Å². The minimum atomic E-state index is -0.0921. The van der Waals surface area contributed by atoms with Crippen molar-refractivity contribution in [3.8, 4) is 29.6 Å². The molecule has 5 aromatic carbocycles. The van der Waals surface area contributed by atoms with Gasteiger partial charge in [0.25, 0.3) is 0 Å². The Hall–Kier alpha value is -6.87. The summed E-state index contributed by atoms with van der Waals surface area (Å²) < 4.78 is 4.60. The Morgan fingerprint density at radius 3 is 2.18 bits per heavy atom. The van der Waals surface area contributed by atoms with Crippen molar-refractivity contribution in [1.29, 1.82) is 15.8 Å². The van der Waals surface area contributed by atoms with E-state index in [2.05, 4.69) is 113 Å². The van der Waals surface area contributed by atoms with Gasteiger partial charge in [-0.15, -0.1) is 0 Å². The Bertz CT molecular complexity index is 2820. The first-order valence-electron chi connectivity index (χ1n) is 17.3. The normalized spacial score (nSPS) is 16.5. The molecule has 5 heteroatoms. The SMILES string of the molecule is CC1C=CC=C(c2cc(C#N)ccc2-n2c3c(c4ccccc42)C=CCC3)C1c1cc(C#N)cc(-n2c3ccccc3c3cc(C#N)ccc32)c1. The molecule has 2 aliphatic carbocycles. The number of hydrogen-bond acceptors (Lipinski definition) is 3. The van der Waals surface area contributed by atoms with Gasteiger partial charge in [-0.05, 0) is 96.6 Å². The van der Waals surface area contributed by atoms with Crippen molar-refractivity contribution >= 4 is 44.4 Å². The van der Waals surface area contributed by atoms with Gasteiger partial charge in [-0.1, -0.05) is 73.7 Å². The molecule has 0 fully saturated rings. The fraction of sp³-hybridized carbons (Fsp3) is 0.109. The first kappa shape index (κ1) is 30.2. The van der Waals surface area contributed by atoms with Gasteiger partial charge in [0.1, 0.15) is 0 Å². The molecule has 2 aromatic heterocycles. The molecule has 7 aromatic rings. The van der Waals surface area contributed by atoms with Crippen LogP contribution in [0.4, 0.5) is 0 Å². The zero-order valence-corrected chi connectivity index (χ0v) is 28.0. The minimum Gasteiger partial charge on any atom is -0.312 e. The third-order valence-corrected chi connectivity index (χ3v) is 10.6. The number of allylic oxidation sites excluding steroid dienone is 5. The third kappa shape index (κ3) is 4.74. The van der Waals surface area contributed by atoms with E-state index in [0.717, 1.165) is 68.2 Å². The zero-order valence-electron chi connectivity index (χ0n) is 28.0. The fourth-order valence-corrected chi connectivity index (χ4v) is 8.38. The third-order valence-electron chi connectivity index (χ3n) is 10.6. The summed E-state index contributed by atoms with van der Waals surface area (Å²) >= 11 is 0. The highest BCUT2D eigenvalue weighted by Crippen LogP contribution is 2.46. The second kappa shape index (κ2) is 11.9. The number of para-hydroxylation sites is 2. The molecule has 9 rings (SSSR count). The standard InChI is InChI=1S/C46H31N5/c1-29-9-8-13-38(40-24-31(27-48)18-20-45(40)51-42-15-6-2-10-35(42)36-11-3-7-16-43(36)51)46(29)33-21-32(28-49)22-34(25-33)50-41-14-5-4-12-37(41)39-23-30(26-47)17-19-44(39)50/h2-6,8-15,17-25,29,46H,7,16H2,1H3. The molecule has 0 saturated heterocycles. The molecule has 2 aliphatic rings. The van der Waals surface area contributed by atoms with Gasteiger partial charge in [0.2, 0.25) is 0 Å². The van der Waals surface area contributed by atoms with Crippen LogP contribution < -0.4 is 0 Å². The molecule has 0 amide bonds. The van der Waals surface area contributed by atoms with Crippen LogP contribution in [0.2, 0.25) is 0 Å². The summed E-state index contributed by atoms with van der Waals surface area (Å²) in [5.74, 6) is 0.0190. The number of benzene rings is 5. The summed E-state index contributed by atoms with van der Waals surface area (Å²) in [7, 11) is 0. The minimum absolute atomic E-state index is 0.0921. The number of fused-ring (bicyclic) bond motifs is 6. The maximum Gasteiger partial charge on any atom is 0.0992 e. The van der Waals surface area contributed by atoms with Gasteiger partial charge in [-0.3, -0.25) is 0 Å². The van der Waals surface area contributed by atoms with Crippen molar-refractivity contribution in [2.45, 2.75) is 25.7 Å². The molecule has 2 atom stereocenters. The van der Waals surface area contributed by atoms with Crippen molar-refractivity contribution in [3.63, 3.8) is 0 Å². The van der Waals surface area contributed by atoms with E-state index in [-0.39, 0.29) is 11.8 Å². The van der Waals surface area contributed by atoms with Crippen LogP contribution in [-0.4, -0.2) is 9.13 Å². The van der Waals surface area contributed by atoms with Gasteiger partial charge in [-0.25, -0.2) is 0 Å². The lowest BCUT2D eigenvalue weighted by molar-refractivity contribution is 0.648. The van der Waals surface area contributed by atoms with Crippen LogP contribution in [0.1, 0.15) is 58.3 Å². The first-order chi connectivity index (χ1) is 25.1. The lowest BCUT2D eigenvalue weighted by Gasteiger charge is -2.30. The Balaban J connectivity index is 1.27. The number of hydrogen-bond donors (Lipinski definition) is 0. The number of rotatable bonds is 4. The monoisotopic (exact) mass is 653 g/mol. The molecule has 2 heterocycles. The Kier molecular flexibility index (Phi) is 7.06. The van der Waals surface area contributed by atoms with Crippen molar-refractivity contribution in [2.75, 3.05) is 0 Å². The molecule has 2 unspecified atom stereocenters. The van der Waals surface area contributed by atoms with Gasteiger partial charge in [0.05, 0.1) is 57.1 Å². The van der Waals surface area contributed by atoms with Gasteiger partial charge in [0.15, 0.2) is 0 Å². The molecule has 0 N–H and O–H groups in total. The topological polar surface area (TPSA) is 81.2 Å². The molecular formula is C46H31N5. The van der Waals surface area contributed by atoms with Gasteiger partial charge >= 0.3 is 0 Å². The van der Waals surface area contributed by atoms with Crippen molar-refractivity contribution in [2.24, 2.45) is 5.92 Å². The van der Waals surface area contributed by atoms with Crippen LogP contribution in [0.3, 0.4) is 0 Å². The Labute approximate surface area is 296 Å². The van der Waals surface area contributed by atoms with Gasteiger partial charge < -0.3 is 9.13 Å². The summed E-state index contributed by atoms with van der Waals surface area (Å²) in [4.78, 5) is 0. The average molecular weight is 654 g/mol. The van der Waals surface area contributed by atoms with Gasteiger partial charge in [-0.2, -0.15) is 15.8 Å². The predicted molar refractivity (Wildman–Crippen MR) is 205 cm³/mol. The van der Waals surface area contributed by atoms with Crippen LogP contribution in [0.5, 0.6) is 0 Å². The molecule has 0 bridgehead atoms. The highest BCUT2D eigenvalue weighted by atomic mass is 15.0. The van der Waals surface area contributed by atoms with E-state index in [1.165, 1.54) is 16.6 Å². The van der Waals surface area contributed by atoms with Crippen molar-refractivity contribution in [3.05, 3.63) is 167 Å². The first-order valence-corrected chi connectivity index (χ1v) is 17.3. The quantitative estimate of drug-likeness (QED) is 0.190. The lowest BCUT2D eigenvalue weighted by atomic mass is 9.75. The molecule has 0 spiro atoms. The highest BCUT2D eigenvalue weighted by Gasteiger charge is 2.30. The van der Waals surface area contributed by atoms with Gasteiger partial charge in [0, 0.05) is 44.6 Å². The molecule has 5 nitrogen and oxygen atoms in total. The summed E-state index contributed by atoms with van der Waals surface area (Å²) in [6, 6.07) is 42.0. The fourth-order valence-electron chi connectivity index (χ4n) is 8.38. The average Bonchev–Trinajstić information content (AvgIpc) is 3.70. The Morgan fingerprint density at radius 2 is 1.37 bits per heavy atom. The lowest BCUT2D eigenvalue weighted by Crippen LogP contribution is -2.16. The molecule has 0 saturated carbocycles. The highest BCUT2D eigenvalue weighted by molar-refractivity contribution is 6.09. The molecule has 0 aliphatic heterocycles. The summed E-state index contributed by atoms with van der Waals surface area (Å²) in [5, 5.41) is 33.5. The van der Waals surface area contributed by atoms with E-state index in [9.17, 15) is 15.8 Å². The van der Waals surface area contributed by atoms with E-state index >= 15 is 0 Å². The smallest absolute Gasteiger partial charge is 0.0992 e. The van der Waals surface area contributed by atoms with E-state index < -0.39 is 0 Å². The van der Waals surface area contributed by atoms with E-state index in [1.807, 2.05) is 54.6 Å². The molecule has 240 valence electrons. The molecular weight excluding hydrogens is 623 g/mol. The van der Waals surface area contributed by atoms with Crippen molar-refractivity contribution in [1.82, 2.24) is 9.13 Å². The second-order valence-corrected chi connectivity index (χ2v) is 13.5. The van der Waals surface area contributed by atoms with Crippen LogP contribution >= 0.6 is 0 Å². The zero-order chi connectivity index (χ0) is 34.6. The molecule has 0 radical (unpaired) electrons. The predicted octanol–water partition coefficient (Wildman–Crippen LogP) is 10.7. The number of aromatic nitrogens is 2. The summed E-state index contributed by atoms with van der Waals surface area (Å²) in [6.07, 6.45) is 12.9. The van der Waals surface area contributed by atoms with E-state index in [4.69, 9.17) is 0 Å². The molecule has 51 heavy (non-hydrogen) atoms. The Morgan fingerprint density at radius 1 is 0.667 bits per heavy atom. The maximum atomic E-state index is 10.4. The van der Waals surface area contributed by atoms with E-state index in [0.29, 0.717) is 16.7 Å². The summed E-state index contributed by atoms with van der Waals surface area (Å²) in [6.45, 7) is 2.22. The van der Waals surface area contributed by atoms with Crippen LogP contribution in [0.25, 0.3) is 55.7 Å². The largest absolute Gasteiger partial charge is 0.312 e. The maximum absolute atomic E-state index is 10.4. The van der Waals surface area contributed by atoms with Crippen molar-refractivity contribution < 1.29 is 0 Å². The van der Waals surface area contributed by atoms with Crippen LogP contribution in [0, 0.1) is 39.9 Å². The summed E-state index contributed by atoms with van der Waals surface area (Å²) in [5.41, 5.74) is 12.6. The van der Waals surface area contributed by atoms with Crippen LogP contribution in [0.15, 0.2) is 127 Å². The number of nitriles is 3. The van der Waals surface area contributed by atoms with E-state index in [1.54, 1.807) is 0 Å². The second-order valence-electron chi connectivity index (χ2n) is 13.5.